The molecule has 21 heavy (non-hydrogen) atoms. The molecule has 0 saturated heterocycles. The number of carbonyl (C=O) groups is 1. The van der Waals surface area contributed by atoms with Crippen LogP contribution in [-0.2, 0) is 0 Å². The molecule has 2 N–H and O–H groups in total. The number of rotatable bonds is 7. The molecule has 0 fully saturated rings. The monoisotopic (exact) mass is 293 g/mol. The zero-order valence-corrected chi connectivity index (χ0v) is 13.7. The van der Waals surface area contributed by atoms with Crippen molar-refractivity contribution in [2.24, 2.45) is 0 Å². The first kappa shape index (κ1) is 17.3. The smallest absolute Gasteiger partial charge is 0.260 e. The van der Waals surface area contributed by atoms with Crippen LogP contribution in [0.4, 0.5) is 5.69 Å². The van der Waals surface area contributed by atoms with Crippen LogP contribution in [0.3, 0.4) is 0 Å². The fourth-order valence-electron chi connectivity index (χ4n) is 2.48. The Bertz CT molecular complexity index is 475. The van der Waals surface area contributed by atoms with Crippen LogP contribution in [0, 0.1) is 0 Å². The Kier molecular flexibility index (Phi) is 6.49. The summed E-state index contributed by atoms with van der Waals surface area (Å²) in [6, 6.07) is 5.43. The lowest BCUT2D eigenvalue weighted by atomic mass is 10.1. The Balaban J connectivity index is 3.10. The zero-order valence-electron chi connectivity index (χ0n) is 13.7. The minimum absolute atomic E-state index is 0.0756. The molecule has 0 radical (unpaired) electrons. The first-order valence-corrected chi connectivity index (χ1v) is 7.39. The fraction of sp³-hybridized carbons (Fsp3) is 0.562. The molecule has 0 aromatic heterocycles. The Morgan fingerprint density at radius 3 is 2.52 bits per heavy atom. The molecule has 5 nitrogen and oxygen atoms in total. The molecule has 0 spiro atoms. The fourth-order valence-corrected chi connectivity index (χ4v) is 2.48. The van der Waals surface area contributed by atoms with Crippen LogP contribution in [0.1, 0.15) is 31.1 Å². The Hall–Kier alpha value is -1.75. The highest BCUT2D eigenvalue weighted by Crippen LogP contribution is 2.26. The molecule has 1 amide bonds. The number of hydrogen-bond acceptors (Lipinski definition) is 4. The van der Waals surface area contributed by atoms with E-state index in [-0.39, 0.29) is 11.9 Å². The SMILES string of the molecule is CCOc1cccc(N)c1C(=O)N(CC)C(C)CN(C)C. The largest absolute Gasteiger partial charge is 0.493 e. The summed E-state index contributed by atoms with van der Waals surface area (Å²) in [6.45, 7) is 7.85. The van der Waals surface area contributed by atoms with E-state index in [1.54, 1.807) is 18.2 Å². The average molecular weight is 293 g/mol. The minimum Gasteiger partial charge on any atom is -0.493 e. The van der Waals surface area contributed by atoms with E-state index in [9.17, 15) is 4.79 Å². The molecular formula is C16H27N3O2. The van der Waals surface area contributed by atoms with Gasteiger partial charge in [0.25, 0.3) is 5.91 Å². The summed E-state index contributed by atoms with van der Waals surface area (Å²) in [5.74, 6) is 0.478. The van der Waals surface area contributed by atoms with E-state index in [2.05, 4.69) is 4.90 Å². The Labute approximate surface area is 127 Å². The van der Waals surface area contributed by atoms with Crippen molar-refractivity contribution in [2.75, 3.05) is 39.5 Å². The quantitative estimate of drug-likeness (QED) is 0.782. The van der Waals surface area contributed by atoms with Gasteiger partial charge in [0.15, 0.2) is 0 Å². The standard InChI is InChI=1S/C16H27N3O2/c1-6-19(12(3)11-18(4)5)16(20)15-13(17)9-8-10-14(15)21-7-2/h8-10,12H,6-7,11,17H2,1-5H3. The van der Waals surface area contributed by atoms with Crippen molar-refractivity contribution in [3.8, 4) is 5.75 Å². The van der Waals surface area contributed by atoms with Gasteiger partial charge in [-0.25, -0.2) is 0 Å². The highest BCUT2D eigenvalue weighted by atomic mass is 16.5. The second-order valence-corrected chi connectivity index (χ2v) is 5.36. The number of nitrogen functional groups attached to an aromatic ring is 1. The molecular weight excluding hydrogens is 266 g/mol. The predicted molar refractivity (Wildman–Crippen MR) is 86.7 cm³/mol. The van der Waals surface area contributed by atoms with Crippen molar-refractivity contribution in [2.45, 2.75) is 26.8 Å². The summed E-state index contributed by atoms with van der Waals surface area (Å²) in [7, 11) is 3.99. The van der Waals surface area contributed by atoms with Gasteiger partial charge in [-0.05, 0) is 47.0 Å². The number of nitrogens with zero attached hydrogens (tertiary/aromatic N) is 2. The zero-order chi connectivity index (χ0) is 16.0. The minimum atomic E-state index is -0.0756. The van der Waals surface area contributed by atoms with Crippen molar-refractivity contribution in [3.63, 3.8) is 0 Å². The van der Waals surface area contributed by atoms with Gasteiger partial charge in [-0.3, -0.25) is 4.79 Å². The highest BCUT2D eigenvalue weighted by Gasteiger charge is 2.25. The van der Waals surface area contributed by atoms with E-state index in [1.807, 2.05) is 39.8 Å². The second kappa shape index (κ2) is 7.88. The van der Waals surface area contributed by atoms with Gasteiger partial charge in [0.1, 0.15) is 11.3 Å². The third-order valence-corrected chi connectivity index (χ3v) is 3.34. The lowest BCUT2D eigenvalue weighted by molar-refractivity contribution is 0.0676. The van der Waals surface area contributed by atoms with Gasteiger partial charge in [-0.2, -0.15) is 0 Å². The van der Waals surface area contributed by atoms with Crippen molar-refractivity contribution in [3.05, 3.63) is 23.8 Å². The molecule has 0 aliphatic carbocycles. The third-order valence-electron chi connectivity index (χ3n) is 3.34. The first-order valence-electron chi connectivity index (χ1n) is 7.39. The number of ether oxygens (including phenoxy) is 1. The van der Waals surface area contributed by atoms with Crippen LogP contribution in [0.2, 0.25) is 0 Å². The lowest BCUT2D eigenvalue weighted by Crippen LogP contribution is -2.44. The van der Waals surface area contributed by atoms with Gasteiger partial charge >= 0.3 is 0 Å². The van der Waals surface area contributed by atoms with Crippen LogP contribution in [-0.4, -0.2) is 55.5 Å². The predicted octanol–water partition coefficient (Wildman–Crippen LogP) is 2.08. The van der Waals surface area contributed by atoms with Crippen molar-refractivity contribution >= 4 is 11.6 Å². The Morgan fingerprint density at radius 1 is 1.33 bits per heavy atom. The van der Waals surface area contributed by atoms with Gasteiger partial charge in [0, 0.05) is 24.8 Å². The number of benzene rings is 1. The number of amides is 1. The first-order chi connectivity index (χ1) is 9.92. The molecule has 1 atom stereocenters. The van der Waals surface area contributed by atoms with E-state index < -0.39 is 0 Å². The van der Waals surface area contributed by atoms with E-state index >= 15 is 0 Å². The molecule has 5 heteroatoms. The van der Waals surface area contributed by atoms with Crippen molar-refractivity contribution < 1.29 is 9.53 Å². The summed E-state index contributed by atoms with van der Waals surface area (Å²) in [4.78, 5) is 16.8. The summed E-state index contributed by atoms with van der Waals surface area (Å²) >= 11 is 0. The van der Waals surface area contributed by atoms with Gasteiger partial charge < -0.3 is 20.3 Å². The third kappa shape index (κ3) is 4.36. The maximum atomic E-state index is 12.9. The molecule has 0 bridgehead atoms. The number of anilines is 1. The van der Waals surface area contributed by atoms with Crippen LogP contribution in [0.5, 0.6) is 5.75 Å². The maximum Gasteiger partial charge on any atom is 0.260 e. The van der Waals surface area contributed by atoms with Gasteiger partial charge in [0.2, 0.25) is 0 Å². The van der Waals surface area contributed by atoms with Crippen LogP contribution in [0.25, 0.3) is 0 Å². The molecule has 1 aromatic carbocycles. The number of likely N-dealkylation sites (N-methyl/N-ethyl adjacent to an activating group) is 2. The number of hydrogen-bond donors (Lipinski definition) is 1. The van der Waals surface area contributed by atoms with E-state index in [1.165, 1.54) is 0 Å². The highest BCUT2D eigenvalue weighted by molar-refractivity contribution is 6.02. The van der Waals surface area contributed by atoms with Crippen LogP contribution in [0.15, 0.2) is 18.2 Å². The summed E-state index contributed by atoms with van der Waals surface area (Å²) in [5, 5.41) is 0. The summed E-state index contributed by atoms with van der Waals surface area (Å²) < 4.78 is 5.56. The summed E-state index contributed by atoms with van der Waals surface area (Å²) in [6.07, 6.45) is 0. The molecule has 1 unspecified atom stereocenters. The second-order valence-electron chi connectivity index (χ2n) is 5.36. The van der Waals surface area contributed by atoms with E-state index in [4.69, 9.17) is 10.5 Å². The van der Waals surface area contributed by atoms with Gasteiger partial charge in [0.05, 0.1) is 6.61 Å². The van der Waals surface area contributed by atoms with E-state index in [0.29, 0.717) is 30.2 Å². The van der Waals surface area contributed by atoms with Gasteiger partial charge in [-0.15, -0.1) is 0 Å². The Morgan fingerprint density at radius 2 is 2.00 bits per heavy atom. The topological polar surface area (TPSA) is 58.8 Å². The molecule has 0 aliphatic heterocycles. The summed E-state index contributed by atoms with van der Waals surface area (Å²) in [5.41, 5.74) is 6.93. The maximum absolute atomic E-state index is 12.9. The number of nitrogens with two attached hydrogens (primary N) is 1. The molecule has 1 rings (SSSR count). The molecule has 0 heterocycles. The lowest BCUT2D eigenvalue weighted by Gasteiger charge is -2.31. The van der Waals surface area contributed by atoms with Gasteiger partial charge in [-0.1, -0.05) is 6.07 Å². The van der Waals surface area contributed by atoms with Crippen LogP contribution >= 0.6 is 0 Å². The van der Waals surface area contributed by atoms with Crippen LogP contribution < -0.4 is 10.5 Å². The number of carbonyl (C=O) groups excluding carboxylic acids is 1. The normalized spacial score (nSPS) is 12.3. The van der Waals surface area contributed by atoms with Crippen molar-refractivity contribution in [1.82, 2.24) is 9.80 Å². The molecule has 0 aliphatic rings. The van der Waals surface area contributed by atoms with E-state index in [0.717, 1.165) is 6.54 Å². The molecule has 1 aromatic rings. The van der Waals surface area contributed by atoms with Crippen molar-refractivity contribution in [1.29, 1.82) is 0 Å². The molecule has 118 valence electrons. The average Bonchev–Trinajstić information content (AvgIpc) is 2.38. The molecule has 0 saturated carbocycles.